The number of methoxy groups -OCH3 is 1. The van der Waals surface area contributed by atoms with Crippen molar-refractivity contribution in [3.8, 4) is 17.1 Å². The smallest absolute Gasteiger partial charge is 0.162 e. The SMILES string of the molecule is COc1cccc(-c2nc(Nc3ccc4[nH]ncc4c3)c3cc(C(C)=O)c(C(C)=O)cc3n2)c1. The molecule has 0 unspecified atom stereocenters. The van der Waals surface area contributed by atoms with Crippen LogP contribution >= 0.6 is 0 Å². The van der Waals surface area contributed by atoms with E-state index in [2.05, 4.69) is 15.5 Å². The van der Waals surface area contributed by atoms with Gasteiger partial charge in [0, 0.05) is 33.2 Å². The van der Waals surface area contributed by atoms with E-state index in [9.17, 15) is 9.59 Å². The molecule has 0 amide bonds. The van der Waals surface area contributed by atoms with Gasteiger partial charge in [-0.25, -0.2) is 9.97 Å². The lowest BCUT2D eigenvalue weighted by atomic mass is 9.98. The van der Waals surface area contributed by atoms with E-state index in [1.165, 1.54) is 13.8 Å². The van der Waals surface area contributed by atoms with Crippen molar-refractivity contribution >= 4 is 44.9 Å². The number of rotatable bonds is 6. The summed E-state index contributed by atoms with van der Waals surface area (Å²) < 4.78 is 5.35. The van der Waals surface area contributed by atoms with Crippen LogP contribution in [0, 0.1) is 0 Å². The monoisotopic (exact) mass is 451 g/mol. The maximum Gasteiger partial charge on any atom is 0.162 e. The number of hydrogen-bond donors (Lipinski definition) is 2. The van der Waals surface area contributed by atoms with Gasteiger partial charge in [0.2, 0.25) is 0 Å². The summed E-state index contributed by atoms with van der Waals surface area (Å²) in [6.45, 7) is 2.88. The van der Waals surface area contributed by atoms with Crippen molar-refractivity contribution < 1.29 is 14.3 Å². The Hall–Kier alpha value is -4.59. The number of hydrogen-bond acceptors (Lipinski definition) is 7. The minimum Gasteiger partial charge on any atom is -0.497 e. The van der Waals surface area contributed by atoms with Crippen LogP contribution in [0.1, 0.15) is 34.6 Å². The summed E-state index contributed by atoms with van der Waals surface area (Å²) in [5, 5.41) is 11.9. The van der Waals surface area contributed by atoms with E-state index in [1.54, 1.807) is 25.4 Å². The summed E-state index contributed by atoms with van der Waals surface area (Å²) in [4.78, 5) is 34.1. The van der Waals surface area contributed by atoms with Gasteiger partial charge in [0.05, 0.1) is 24.3 Å². The highest BCUT2D eigenvalue weighted by Crippen LogP contribution is 2.31. The number of fused-ring (bicyclic) bond motifs is 2. The second-order valence-electron chi connectivity index (χ2n) is 7.95. The lowest BCUT2D eigenvalue weighted by molar-refractivity contribution is 0.0981. The van der Waals surface area contributed by atoms with Crippen LogP contribution in [0.25, 0.3) is 33.2 Å². The molecule has 0 aliphatic heterocycles. The van der Waals surface area contributed by atoms with Gasteiger partial charge in [-0.1, -0.05) is 12.1 Å². The Kier molecular flexibility index (Phi) is 5.25. The Morgan fingerprint density at radius 2 is 1.74 bits per heavy atom. The molecule has 0 bridgehead atoms. The average Bonchev–Trinajstić information content (AvgIpc) is 3.31. The number of anilines is 2. The first-order valence-electron chi connectivity index (χ1n) is 10.6. The fourth-order valence-electron chi connectivity index (χ4n) is 3.90. The molecule has 0 radical (unpaired) electrons. The van der Waals surface area contributed by atoms with Gasteiger partial charge in [0.15, 0.2) is 17.4 Å². The van der Waals surface area contributed by atoms with E-state index in [4.69, 9.17) is 14.7 Å². The second-order valence-corrected chi connectivity index (χ2v) is 7.95. The molecule has 0 aliphatic rings. The molecule has 0 aliphatic carbocycles. The molecule has 0 fully saturated rings. The molecule has 8 nitrogen and oxygen atoms in total. The van der Waals surface area contributed by atoms with Crippen molar-refractivity contribution in [1.29, 1.82) is 0 Å². The van der Waals surface area contributed by atoms with Crippen LogP contribution in [-0.2, 0) is 0 Å². The fourth-order valence-corrected chi connectivity index (χ4v) is 3.90. The number of ether oxygens (including phenoxy) is 1. The standard InChI is InChI=1S/C26H21N5O3/c1-14(32)20-11-22-24(12-21(20)15(2)33)29-25(16-5-4-6-19(10-16)34-3)30-26(22)28-18-7-8-23-17(9-18)13-27-31-23/h4-13H,1-3H3,(H,27,31)(H,28,29,30). The highest BCUT2D eigenvalue weighted by atomic mass is 16.5. The summed E-state index contributed by atoms with van der Waals surface area (Å²) in [5.41, 5.74) is 3.70. The summed E-state index contributed by atoms with van der Waals surface area (Å²) in [7, 11) is 1.60. The maximum atomic E-state index is 12.3. The van der Waals surface area contributed by atoms with Crippen LogP contribution in [0.3, 0.4) is 0 Å². The second kappa shape index (κ2) is 8.40. The van der Waals surface area contributed by atoms with Crippen LogP contribution in [0.4, 0.5) is 11.5 Å². The lowest BCUT2D eigenvalue weighted by Gasteiger charge is -2.14. The third-order valence-electron chi connectivity index (χ3n) is 5.62. The van der Waals surface area contributed by atoms with Crippen molar-refractivity contribution in [2.24, 2.45) is 0 Å². The minimum absolute atomic E-state index is 0.199. The van der Waals surface area contributed by atoms with Crippen molar-refractivity contribution in [3.63, 3.8) is 0 Å². The number of carbonyl (C=O) groups excluding carboxylic acids is 2. The quantitative estimate of drug-likeness (QED) is 0.336. The van der Waals surface area contributed by atoms with Gasteiger partial charge in [0.25, 0.3) is 0 Å². The molecule has 0 atom stereocenters. The number of nitrogens with zero attached hydrogens (tertiary/aromatic N) is 3. The van der Waals surface area contributed by atoms with Crippen LogP contribution in [0.15, 0.2) is 60.8 Å². The van der Waals surface area contributed by atoms with E-state index < -0.39 is 0 Å². The van der Waals surface area contributed by atoms with Crippen molar-refractivity contribution in [2.75, 3.05) is 12.4 Å². The average molecular weight is 451 g/mol. The third kappa shape index (κ3) is 3.86. The molecule has 3 aromatic carbocycles. The van der Waals surface area contributed by atoms with Gasteiger partial charge in [-0.3, -0.25) is 14.7 Å². The van der Waals surface area contributed by atoms with E-state index in [1.807, 2.05) is 42.5 Å². The number of ketones is 2. The van der Waals surface area contributed by atoms with Gasteiger partial charge in [-0.2, -0.15) is 5.10 Å². The van der Waals surface area contributed by atoms with Crippen LogP contribution in [0.2, 0.25) is 0 Å². The Morgan fingerprint density at radius 1 is 0.941 bits per heavy atom. The lowest BCUT2D eigenvalue weighted by Crippen LogP contribution is -2.07. The van der Waals surface area contributed by atoms with Gasteiger partial charge in [-0.05, 0) is 56.3 Å². The molecule has 0 spiro atoms. The molecule has 8 heteroatoms. The summed E-state index contributed by atoms with van der Waals surface area (Å²) >= 11 is 0. The number of carbonyl (C=O) groups is 2. The summed E-state index contributed by atoms with van der Waals surface area (Å²) in [5.74, 6) is 1.26. The highest BCUT2D eigenvalue weighted by molar-refractivity contribution is 6.11. The van der Waals surface area contributed by atoms with E-state index in [0.717, 1.165) is 22.2 Å². The number of Topliss-reactive ketones (excluding diaryl/α,β-unsaturated/α-hetero) is 2. The van der Waals surface area contributed by atoms with E-state index in [-0.39, 0.29) is 11.6 Å². The molecule has 5 rings (SSSR count). The van der Waals surface area contributed by atoms with Crippen molar-refractivity contribution in [1.82, 2.24) is 20.2 Å². The minimum atomic E-state index is -0.200. The molecular formula is C26H21N5O3. The molecule has 34 heavy (non-hydrogen) atoms. The van der Waals surface area contributed by atoms with Crippen LogP contribution < -0.4 is 10.1 Å². The first-order chi connectivity index (χ1) is 16.4. The van der Waals surface area contributed by atoms with E-state index in [0.29, 0.717) is 39.4 Å². The molecule has 2 N–H and O–H groups in total. The first-order valence-corrected chi connectivity index (χ1v) is 10.6. The predicted molar refractivity (Wildman–Crippen MR) is 131 cm³/mol. The molecule has 0 saturated heterocycles. The Morgan fingerprint density at radius 3 is 2.50 bits per heavy atom. The van der Waals surface area contributed by atoms with Crippen molar-refractivity contribution in [2.45, 2.75) is 13.8 Å². The molecule has 5 aromatic rings. The maximum absolute atomic E-state index is 12.3. The number of benzene rings is 3. The molecule has 168 valence electrons. The normalized spacial score (nSPS) is 11.0. The van der Waals surface area contributed by atoms with Gasteiger partial charge in [0.1, 0.15) is 11.6 Å². The first kappa shape index (κ1) is 21.3. The van der Waals surface area contributed by atoms with Crippen LogP contribution in [-0.4, -0.2) is 38.8 Å². The third-order valence-corrected chi connectivity index (χ3v) is 5.62. The topological polar surface area (TPSA) is 110 Å². The van der Waals surface area contributed by atoms with Gasteiger partial charge < -0.3 is 10.1 Å². The molecule has 2 aromatic heterocycles. The Balaban J connectivity index is 1.74. The number of nitrogens with one attached hydrogen (secondary N) is 2. The summed E-state index contributed by atoms with van der Waals surface area (Å²) in [6.07, 6.45) is 1.74. The molecule has 0 saturated carbocycles. The zero-order valence-electron chi connectivity index (χ0n) is 18.8. The van der Waals surface area contributed by atoms with Gasteiger partial charge >= 0.3 is 0 Å². The number of H-pyrrole nitrogens is 1. The largest absolute Gasteiger partial charge is 0.497 e. The number of aromatic amines is 1. The Labute approximate surface area is 195 Å². The molecular weight excluding hydrogens is 430 g/mol. The molecule has 2 heterocycles. The Bertz CT molecular complexity index is 1590. The predicted octanol–water partition coefficient (Wildman–Crippen LogP) is 5.33. The van der Waals surface area contributed by atoms with Crippen molar-refractivity contribution in [3.05, 3.63) is 71.9 Å². The number of aromatic nitrogens is 4. The summed E-state index contributed by atoms with van der Waals surface area (Å²) in [6, 6.07) is 16.6. The zero-order chi connectivity index (χ0) is 23.8. The zero-order valence-corrected chi connectivity index (χ0v) is 18.8. The highest BCUT2D eigenvalue weighted by Gasteiger charge is 2.18. The fraction of sp³-hybridized carbons (Fsp3) is 0.115. The van der Waals surface area contributed by atoms with Gasteiger partial charge in [-0.15, -0.1) is 0 Å². The van der Waals surface area contributed by atoms with Crippen LogP contribution in [0.5, 0.6) is 5.75 Å². The van der Waals surface area contributed by atoms with E-state index >= 15 is 0 Å².